The summed E-state index contributed by atoms with van der Waals surface area (Å²) < 4.78 is 1.42. The van der Waals surface area contributed by atoms with Gasteiger partial charge in [0.25, 0.3) is 0 Å². The van der Waals surface area contributed by atoms with Crippen LogP contribution in [-0.2, 0) is 0 Å². The molecule has 2 heteroatoms. The summed E-state index contributed by atoms with van der Waals surface area (Å²) in [6, 6.07) is 9.92. The molecule has 2 aromatic rings. The van der Waals surface area contributed by atoms with E-state index >= 15 is 0 Å². The molecule has 21 heavy (non-hydrogen) atoms. The molecule has 0 amide bonds. The zero-order valence-corrected chi connectivity index (χ0v) is 14.5. The van der Waals surface area contributed by atoms with Gasteiger partial charge in [-0.05, 0) is 49.1 Å². The largest absolute Gasteiger partial charge is 0.306 e. The second-order valence-corrected chi connectivity index (χ2v) is 7.93. The molecule has 4 atom stereocenters. The van der Waals surface area contributed by atoms with Gasteiger partial charge in [0.05, 0.1) is 0 Å². The quantitative estimate of drug-likeness (QED) is 0.768. The van der Waals surface area contributed by atoms with Gasteiger partial charge in [0.2, 0.25) is 0 Å². The Bertz CT molecular complexity index is 615. The van der Waals surface area contributed by atoms with Crippen molar-refractivity contribution in [3.63, 3.8) is 0 Å². The summed E-state index contributed by atoms with van der Waals surface area (Å²) in [5.41, 5.74) is 1.46. The topological polar surface area (TPSA) is 12.0 Å². The second-order valence-electron chi connectivity index (χ2n) is 6.85. The van der Waals surface area contributed by atoms with Crippen molar-refractivity contribution < 1.29 is 0 Å². The molecule has 1 nitrogen and oxygen atoms in total. The van der Waals surface area contributed by atoms with Gasteiger partial charge in [0, 0.05) is 21.7 Å². The van der Waals surface area contributed by atoms with E-state index in [0.29, 0.717) is 12.1 Å². The first-order valence-corrected chi connectivity index (χ1v) is 9.13. The van der Waals surface area contributed by atoms with E-state index in [-0.39, 0.29) is 0 Å². The smallest absolute Gasteiger partial charge is 0.0391 e. The lowest BCUT2D eigenvalue weighted by molar-refractivity contribution is 0.197. The van der Waals surface area contributed by atoms with E-state index in [2.05, 4.69) is 57.3 Å². The van der Waals surface area contributed by atoms with Gasteiger partial charge in [0.1, 0.15) is 0 Å². The van der Waals surface area contributed by atoms with Crippen LogP contribution in [0.2, 0.25) is 0 Å². The molecule has 0 aliphatic heterocycles. The maximum absolute atomic E-state index is 3.93. The van der Waals surface area contributed by atoms with E-state index in [1.54, 1.807) is 0 Å². The fourth-order valence-electron chi connectivity index (χ4n) is 3.82. The minimum Gasteiger partial charge on any atom is -0.306 e. The van der Waals surface area contributed by atoms with E-state index in [9.17, 15) is 0 Å². The number of hydrogen-bond acceptors (Lipinski definition) is 2. The molecule has 3 rings (SSSR count). The highest BCUT2D eigenvalue weighted by molar-refractivity contribution is 7.19. The third-order valence-corrected chi connectivity index (χ3v) is 6.90. The lowest BCUT2D eigenvalue weighted by Gasteiger charge is -2.36. The van der Waals surface area contributed by atoms with Crippen LogP contribution >= 0.6 is 11.3 Å². The molecule has 0 bridgehead atoms. The summed E-state index contributed by atoms with van der Waals surface area (Å²) in [6.45, 7) is 9.45. The molecule has 0 spiro atoms. The monoisotopic (exact) mass is 301 g/mol. The van der Waals surface area contributed by atoms with Crippen LogP contribution in [-0.4, -0.2) is 6.04 Å². The minimum absolute atomic E-state index is 0.458. The van der Waals surface area contributed by atoms with E-state index in [1.165, 1.54) is 39.8 Å². The summed E-state index contributed by atoms with van der Waals surface area (Å²) in [5, 5.41) is 5.35. The molecule has 0 saturated heterocycles. The van der Waals surface area contributed by atoms with Crippen molar-refractivity contribution in [1.82, 2.24) is 5.32 Å². The molecule has 1 aliphatic rings. The fourth-order valence-corrected chi connectivity index (χ4v) is 5.04. The number of benzene rings is 1. The second kappa shape index (κ2) is 6.10. The number of nitrogens with one attached hydrogen (secondary N) is 1. The Kier molecular flexibility index (Phi) is 4.37. The van der Waals surface area contributed by atoms with Crippen LogP contribution in [0, 0.1) is 18.8 Å². The van der Waals surface area contributed by atoms with Crippen molar-refractivity contribution in [1.29, 1.82) is 0 Å². The zero-order valence-electron chi connectivity index (χ0n) is 13.6. The van der Waals surface area contributed by atoms with Gasteiger partial charge in [-0.3, -0.25) is 0 Å². The Balaban J connectivity index is 1.80. The molecule has 1 fully saturated rings. The van der Waals surface area contributed by atoms with Crippen molar-refractivity contribution in [2.45, 2.75) is 59.0 Å². The number of hydrogen-bond donors (Lipinski definition) is 1. The molecule has 1 heterocycles. The predicted octanol–water partition coefficient (Wildman–Crippen LogP) is 5.69. The molecule has 4 unspecified atom stereocenters. The lowest BCUT2D eigenvalue weighted by Crippen LogP contribution is -2.41. The van der Waals surface area contributed by atoms with E-state index in [0.717, 1.165) is 11.8 Å². The standard InChI is InChI=1S/C19H27NS/c1-12-8-7-10-17(13(12)2)20-15(4)19-14(3)16-9-5-6-11-18(16)21-19/h5-6,9,11-13,15,17,20H,7-8,10H2,1-4H3. The van der Waals surface area contributed by atoms with Crippen molar-refractivity contribution in [2.24, 2.45) is 11.8 Å². The average Bonchev–Trinajstić information content (AvgIpc) is 2.82. The number of thiophene rings is 1. The number of fused-ring (bicyclic) bond motifs is 1. The summed E-state index contributed by atoms with van der Waals surface area (Å²) in [6.07, 6.45) is 4.11. The molecule has 1 aliphatic carbocycles. The lowest BCUT2D eigenvalue weighted by atomic mass is 9.78. The van der Waals surface area contributed by atoms with Crippen LogP contribution in [0.3, 0.4) is 0 Å². The average molecular weight is 301 g/mol. The first-order valence-electron chi connectivity index (χ1n) is 8.32. The highest BCUT2D eigenvalue weighted by Gasteiger charge is 2.28. The summed E-state index contributed by atoms with van der Waals surface area (Å²) in [7, 11) is 0. The molecule has 0 radical (unpaired) electrons. The molecule has 1 N–H and O–H groups in total. The highest BCUT2D eigenvalue weighted by atomic mass is 32.1. The van der Waals surface area contributed by atoms with Gasteiger partial charge in [-0.25, -0.2) is 0 Å². The van der Waals surface area contributed by atoms with Gasteiger partial charge in [-0.2, -0.15) is 0 Å². The van der Waals surface area contributed by atoms with Crippen molar-refractivity contribution >= 4 is 21.4 Å². The van der Waals surface area contributed by atoms with E-state index in [4.69, 9.17) is 0 Å². The summed E-state index contributed by atoms with van der Waals surface area (Å²) in [4.78, 5) is 1.52. The molecule has 1 saturated carbocycles. The Morgan fingerprint density at radius 2 is 1.95 bits per heavy atom. The minimum atomic E-state index is 0.458. The van der Waals surface area contributed by atoms with Crippen LogP contribution in [0.1, 0.15) is 56.5 Å². The molecule has 114 valence electrons. The SMILES string of the molecule is Cc1c(C(C)NC2CCCC(C)C2C)sc2ccccc12. The predicted molar refractivity (Wildman–Crippen MR) is 94.1 cm³/mol. The van der Waals surface area contributed by atoms with Gasteiger partial charge in [-0.1, -0.05) is 44.9 Å². The fraction of sp³-hybridized carbons (Fsp3) is 0.579. The Labute approximate surface area is 132 Å². The molecular weight excluding hydrogens is 274 g/mol. The molecule has 1 aromatic heterocycles. The van der Waals surface area contributed by atoms with Crippen LogP contribution in [0.4, 0.5) is 0 Å². The summed E-state index contributed by atoms with van der Waals surface area (Å²) in [5.74, 6) is 1.64. The normalized spacial score (nSPS) is 27.9. The van der Waals surface area contributed by atoms with Crippen LogP contribution < -0.4 is 5.32 Å². The zero-order chi connectivity index (χ0) is 15.0. The maximum Gasteiger partial charge on any atom is 0.0391 e. The van der Waals surface area contributed by atoms with E-state index < -0.39 is 0 Å². The Hall–Kier alpha value is -0.860. The van der Waals surface area contributed by atoms with Crippen molar-refractivity contribution in [3.05, 3.63) is 34.7 Å². The first-order chi connectivity index (χ1) is 10.1. The highest BCUT2D eigenvalue weighted by Crippen LogP contribution is 2.36. The van der Waals surface area contributed by atoms with Crippen LogP contribution in [0.5, 0.6) is 0 Å². The van der Waals surface area contributed by atoms with Gasteiger partial charge in [-0.15, -0.1) is 11.3 Å². The third kappa shape index (κ3) is 2.89. The van der Waals surface area contributed by atoms with Crippen LogP contribution in [0.25, 0.3) is 10.1 Å². The summed E-state index contributed by atoms with van der Waals surface area (Å²) >= 11 is 1.96. The number of aryl methyl sites for hydroxylation is 1. The van der Waals surface area contributed by atoms with Crippen molar-refractivity contribution in [3.8, 4) is 0 Å². The third-order valence-electron chi connectivity index (χ3n) is 5.44. The van der Waals surface area contributed by atoms with Crippen LogP contribution in [0.15, 0.2) is 24.3 Å². The van der Waals surface area contributed by atoms with Gasteiger partial charge in [0.15, 0.2) is 0 Å². The molecular formula is C19H27NS. The Morgan fingerprint density at radius 3 is 2.71 bits per heavy atom. The van der Waals surface area contributed by atoms with Gasteiger partial charge < -0.3 is 5.32 Å². The first kappa shape index (κ1) is 15.1. The van der Waals surface area contributed by atoms with Crippen molar-refractivity contribution in [2.75, 3.05) is 0 Å². The van der Waals surface area contributed by atoms with Gasteiger partial charge >= 0.3 is 0 Å². The van der Waals surface area contributed by atoms with E-state index in [1.807, 2.05) is 11.3 Å². The molecule has 1 aromatic carbocycles. The number of rotatable bonds is 3. The Morgan fingerprint density at radius 1 is 1.19 bits per heavy atom. The maximum atomic E-state index is 3.93.